The maximum absolute atomic E-state index is 12.9. The number of piperidine rings is 1. The molecule has 2 saturated heterocycles. The number of hydrogen-bond donors (Lipinski definition) is 1. The lowest BCUT2D eigenvalue weighted by Crippen LogP contribution is -2.46. The van der Waals surface area contributed by atoms with Crippen molar-refractivity contribution >= 4 is 50.0 Å². The predicted molar refractivity (Wildman–Crippen MR) is 144 cm³/mol. The van der Waals surface area contributed by atoms with E-state index in [-0.39, 0.29) is 5.92 Å². The maximum Gasteiger partial charge on any atom is 0.227 e. The number of amides is 1. The highest BCUT2D eigenvalue weighted by Crippen LogP contribution is 2.36. The second-order valence-corrected chi connectivity index (χ2v) is 13.5. The van der Waals surface area contributed by atoms with E-state index in [1.54, 1.807) is 0 Å². The second kappa shape index (κ2) is 10.3. The number of nitrogens with one attached hydrogen (secondary N) is 1. The summed E-state index contributed by atoms with van der Waals surface area (Å²) >= 11 is 6.30. The molecule has 1 amide bonds. The van der Waals surface area contributed by atoms with Gasteiger partial charge in [-0.1, -0.05) is 30.9 Å². The van der Waals surface area contributed by atoms with Crippen LogP contribution in [0.3, 0.4) is 0 Å². The zero-order chi connectivity index (χ0) is 25.3. The lowest BCUT2D eigenvalue weighted by molar-refractivity contribution is -0.135. The highest BCUT2D eigenvalue weighted by molar-refractivity contribution is 7.92. The first-order chi connectivity index (χ1) is 17.3. The summed E-state index contributed by atoms with van der Waals surface area (Å²) in [6, 6.07) is 5.52. The summed E-state index contributed by atoms with van der Waals surface area (Å²) in [6.45, 7) is 3.53. The van der Waals surface area contributed by atoms with E-state index in [1.165, 1.54) is 6.26 Å². The molecule has 36 heavy (non-hydrogen) atoms. The lowest BCUT2D eigenvalue weighted by Gasteiger charge is -2.36. The maximum atomic E-state index is 12.9. The number of carbonyl (C=O) groups excluding carboxylic acids is 1. The van der Waals surface area contributed by atoms with Crippen molar-refractivity contribution < 1.29 is 13.2 Å². The summed E-state index contributed by atoms with van der Waals surface area (Å²) in [5.74, 6) is 1.58. The van der Waals surface area contributed by atoms with E-state index in [0.29, 0.717) is 42.1 Å². The van der Waals surface area contributed by atoms with E-state index < -0.39 is 14.6 Å². The molecule has 1 saturated carbocycles. The minimum atomic E-state index is -3.25. The van der Waals surface area contributed by atoms with Gasteiger partial charge in [0.15, 0.2) is 9.84 Å². The van der Waals surface area contributed by atoms with Crippen LogP contribution in [0.4, 0.5) is 11.8 Å². The van der Waals surface area contributed by atoms with E-state index in [0.717, 1.165) is 82.0 Å². The molecule has 2 aromatic rings. The number of carbonyl (C=O) groups is 1. The third-order valence-corrected chi connectivity index (χ3v) is 10.7. The molecule has 3 heterocycles. The van der Waals surface area contributed by atoms with Gasteiger partial charge in [0.25, 0.3) is 0 Å². The molecule has 0 unspecified atom stereocenters. The summed E-state index contributed by atoms with van der Waals surface area (Å²) in [6.07, 6.45) is 9.38. The summed E-state index contributed by atoms with van der Waals surface area (Å²) in [4.78, 5) is 26.7. The number of nitrogens with zero attached hydrogens (tertiary/aromatic N) is 4. The van der Waals surface area contributed by atoms with Crippen LogP contribution in [0.15, 0.2) is 18.2 Å². The minimum Gasteiger partial charge on any atom is -0.368 e. The molecule has 3 aliphatic rings. The molecule has 1 aliphatic carbocycles. The van der Waals surface area contributed by atoms with Gasteiger partial charge in [0, 0.05) is 55.3 Å². The van der Waals surface area contributed by atoms with Gasteiger partial charge in [0.2, 0.25) is 11.9 Å². The van der Waals surface area contributed by atoms with Gasteiger partial charge in [-0.05, 0) is 56.7 Å². The summed E-state index contributed by atoms with van der Waals surface area (Å²) < 4.78 is 24.8. The molecular formula is C26H36ClN5O3S. The molecule has 5 rings (SSSR count). The van der Waals surface area contributed by atoms with Gasteiger partial charge in [-0.3, -0.25) is 4.79 Å². The number of rotatable bonds is 6. The molecule has 2 aliphatic heterocycles. The number of likely N-dealkylation sites (tertiary alicyclic amines) is 1. The molecular weight excluding hydrogens is 498 g/mol. The van der Waals surface area contributed by atoms with Gasteiger partial charge < -0.3 is 15.1 Å². The predicted octanol–water partition coefficient (Wildman–Crippen LogP) is 4.28. The van der Waals surface area contributed by atoms with Crippen LogP contribution in [0.5, 0.6) is 0 Å². The topological polar surface area (TPSA) is 95.5 Å². The van der Waals surface area contributed by atoms with E-state index in [4.69, 9.17) is 21.6 Å². The first-order valence-corrected chi connectivity index (χ1v) is 15.5. The van der Waals surface area contributed by atoms with Gasteiger partial charge >= 0.3 is 0 Å². The number of anilines is 2. The first-order valence-electron chi connectivity index (χ1n) is 13.2. The third kappa shape index (κ3) is 5.14. The number of benzene rings is 1. The van der Waals surface area contributed by atoms with E-state index in [1.807, 2.05) is 23.1 Å². The van der Waals surface area contributed by atoms with Crippen LogP contribution in [-0.4, -0.2) is 72.9 Å². The molecule has 1 aromatic carbocycles. The van der Waals surface area contributed by atoms with Crippen LogP contribution in [0.25, 0.3) is 10.9 Å². The number of fused-ring (bicyclic) bond motifs is 1. The number of hydrogen-bond acceptors (Lipinski definition) is 7. The molecule has 8 nitrogen and oxygen atoms in total. The highest BCUT2D eigenvalue weighted by atomic mass is 35.5. The standard InChI is InChI=1S/C26H36ClN5O3S/c1-36(34,35)26(11-3-2-4-12-26)18-28-23-21-17-20(27)7-8-22(21)29-25(30-23)32-15-9-19(10-16-32)24(33)31-13-5-6-14-31/h7-8,17,19H,2-6,9-16,18H2,1H3,(H,28,29,30). The zero-order valence-electron chi connectivity index (χ0n) is 21.0. The molecule has 1 N–H and O–H groups in total. The monoisotopic (exact) mass is 533 g/mol. The first kappa shape index (κ1) is 25.5. The Bertz CT molecular complexity index is 1220. The minimum absolute atomic E-state index is 0.0668. The van der Waals surface area contributed by atoms with Crippen molar-refractivity contribution in [2.24, 2.45) is 5.92 Å². The SMILES string of the molecule is CS(=O)(=O)C1(CNc2nc(N3CCC(C(=O)N4CCCC4)CC3)nc3ccc(Cl)cc23)CCCCC1. The molecule has 0 spiro atoms. The zero-order valence-corrected chi connectivity index (χ0v) is 22.6. The Kier molecular flexibility index (Phi) is 7.32. The largest absolute Gasteiger partial charge is 0.368 e. The van der Waals surface area contributed by atoms with Crippen LogP contribution in [0.2, 0.25) is 5.02 Å². The van der Waals surface area contributed by atoms with Crippen LogP contribution >= 0.6 is 11.6 Å². The van der Waals surface area contributed by atoms with Crippen molar-refractivity contribution in [3.63, 3.8) is 0 Å². The molecule has 0 radical (unpaired) electrons. The van der Waals surface area contributed by atoms with Crippen LogP contribution in [0, 0.1) is 5.92 Å². The number of sulfone groups is 1. The lowest BCUT2D eigenvalue weighted by atomic mass is 9.88. The highest BCUT2D eigenvalue weighted by Gasteiger charge is 2.41. The van der Waals surface area contributed by atoms with Crippen molar-refractivity contribution in [2.75, 3.05) is 49.2 Å². The summed E-state index contributed by atoms with van der Waals surface area (Å²) in [5, 5.41) is 4.76. The van der Waals surface area contributed by atoms with E-state index in [2.05, 4.69) is 10.2 Å². The fourth-order valence-electron chi connectivity index (χ4n) is 6.01. The van der Waals surface area contributed by atoms with Crippen LogP contribution in [-0.2, 0) is 14.6 Å². The Balaban J connectivity index is 1.37. The quantitative estimate of drug-likeness (QED) is 0.592. The van der Waals surface area contributed by atoms with Gasteiger partial charge in [-0.2, -0.15) is 4.98 Å². The van der Waals surface area contributed by atoms with E-state index >= 15 is 0 Å². The molecule has 10 heteroatoms. The Hall–Kier alpha value is -2.13. The van der Waals surface area contributed by atoms with Crippen molar-refractivity contribution in [1.29, 1.82) is 0 Å². The smallest absolute Gasteiger partial charge is 0.227 e. The van der Waals surface area contributed by atoms with Gasteiger partial charge in [-0.25, -0.2) is 13.4 Å². The number of halogens is 1. The normalized spacial score (nSPS) is 21.2. The molecule has 0 atom stereocenters. The fraction of sp³-hybridized carbons (Fsp3) is 0.654. The molecule has 196 valence electrons. The average molecular weight is 534 g/mol. The van der Waals surface area contributed by atoms with Crippen molar-refractivity contribution in [3.05, 3.63) is 23.2 Å². The van der Waals surface area contributed by atoms with Crippen molar-refractivity contribution in [2.45, 2.75) is 62.5 Å². The number of aromatic nitrogens is 2. The Morgan fingerprint density at radius 2 is 1.75 bits per heavy atom. The second-order valence-electron chi connectivity index (χ2n) is 10.7. The van der Waals surface area contributed by atoms with E-state index in [9.17, 15) is 13.2 Å². The Morgan fingerprint density at radius 3 is 2.42 bits per heavy atom. The molecule has 3 fully saturated rings. The van der Waals surface area contributed by atoms with Crippen LogP contribution < -0.4 is 10.2 Å². The molecule has 1 aromatic heterocycles. The summed E-state index contributed by atoms with van der Waals surface area (Å²) in [7, 11) is -3.25. The molecule has 0 bridgehead atoms. The Morgan fingerprint density at radius 1 is 1.06 bits per heavy atom. The van der Waals surface area contributed by atoms with Crippen LogP contribution in [0.1, 0.15) is 57.8 Å². The average Bonchev–Trinajstić information content (AvgIpc) is 3.42. The van der Waals surface area contributed by atoms with Crippen molar-refractivity contribution in [1.82, 2.24) is 14.9 Å². The van der Waals surface area contributed by atoms with Gasteiger partial charge in [0.05, 0.1) is 10.3 Å². The third-order valence-electron chi connectivity index (χ3n) is 8.32. The Labute approximate surface area is 218 Å². The van der Waals surface area contributed by atoms with Gasteiger partial charge in [-0.15, -0.1) is 0 Å². The fourth-order valence-corrected chi connectivity index (χ4v) is 7.54. The van der Waals surface area contributed by atoms with Gasteiger partial charge in [0.1, 0.15) is 5.82 Å². The van der Waals surface area contributed by atoms with Crippen molar-refractivity contribution in [3.8, 4) is 0 Å². The summed E-state index contributed by atoms with van der Waals surface area (Å²) in [5.41, 5.74) is 0.763.